The quantitative estimate of drug-likeness (QED) is 0.617. The van der Waals surface area contributed by atoms with Gasteiger partial charge in [-0.2, -0.15) is 0 Å². The zero-order valence-electron chi connectivity index (χ0n) is 9.06. The highest BCUT2D eigenvalue weighted by Crippen LogP contribution is 2.15. The van der Waals surface area contributed by atoms with Crippen LogP contribution >= 0.6 is 0 Å². The molecule has 0 aliphatic carbocycles. The zero-order valence-corrected chi connectivity index (χ0v) is 9.06. The van der Waals surface area contributed by atoms with E-state index < -0.39 is 0 Å². The van der Waals surface area contributed by atoms with Gasteiger partial charge in [-0.15, -0.1) is 0 Å². The van der Waals surface area contributed by atoms with E-state index in [0.717, 1.165) is 5.56 Å². The molecule has 84 valence electrons. The lowest BCUT2D eigenvalue weighted by Gasteiger charge is -2.05. The van der Waals surface area contributed by atoms with Crippen molar-refractivity contribution in [1.82, 2.24) is 0 Å². The third kappa shape index (κ3) is 2.79. The van der Waals surface area contributed by atoms with Gasteiger partial charge in [0.2, 0.25) is 0 Å². The smallest absolute Gasteiger partial charge is 0.0913 e. The van der Waals surface area contributed by atoms with Gasteiger partial charge in [-0.05, 0) is 22.4 Å². The van der Waals surface area contributed by atoms with Crippen LogP contribution in [0.2, 0.25) is 0 Å². The van der Waals surface area contributed by atoms with Crippen molar-refractivity contribution in [3.8, 4) is 0 Å². The Labute approximate surface area is 94.7 Å². The first-order chi connectivity index (χ1) is 7.90. The zero-order chi connectivity index (χ0) is 11.2. The molecule has 0 amide bonds. The lowest BCUT2D eigenvalue weighted by molar-refractivity contribution is 0.0405. The van der Waals surface area contributed by atoms with Gasteiger partial charge in [0.25, 0.3) is 0 Å². The van der Waals surface area contributed by atoms with E-state index in [0.29, 0.717) is 19.8 Å². The topological polar surface area (TPSA) is 44.5 Å². The van der Waals surface area contributed by atoms with Crippen LogP contribution in [0.1, 0.15) is 5.56 Å². The first-order valence-corrected chi connectivity index (χ1v) is 5.27. The number of hydrogen-bond donors (Lipinski definition) is 1. The second kappa shape index (κ2) is 5.61. The van der Waals surface area contributed by atoms with Crippen molar-refractivity contribution in [3.05, 3.63) is 48.0 Å². The average molecular weight is 217 g/mol. The molecule has 0 unspecified atom stereocenters. The average Bonchev–Trinajstić information content (AvgIpc) is 2.34. The number of hydrogen-bond acceptors (Lipinski definition) is 3. The molecule has 0 heterocycles. The van der Waals surface area contributed by atoms with Gasteiger partial charge in [-0.1, -0.05) is 36.4 Å². The highest BCUT2D eigenvalue weighted by atomic mass is 16.6. The second-order valence-electron chi connectivity index (χ2n) is 3.60. The van der Waals surface area contributed by atoms with E-state index in [1.165, 1.54) is 10.8 Å². The summed E-state index contributed by atoms with van der Waals surface area (Å²) in [6.45, 7) is 1.53. The van der Waals surface area contributed by atoms with E-state index >= 15 is 0 Å². The molecule has 0 fully saturated rings. The largest absolute Gasteiger partial charge is 0.374 e. The Morgan fingerprint density at radius 3 is 2.56 bits per heavy atom. The summed E-state index contributed by atoms with van der Waals surface area (Å²) in [4.78, 5) is 4.43. The van der Waals surface area contributed by atoms with Crippen LogP contribution in [0.4, 0.5) is 0 Å². The van der Waals surface area contributed by atoms with Crippen LogP contribution in [0.3, 0.4) is 0 Å². The Morgan fingerprint density at radius 1 is 0.938 bits per heavy atom. The fourth-order valence-electron chi connectivity index (χ4n) is 1.63. The Bertz CT molecular complexity index is 456. The van der Waals surface area contributed by atoms with Gasteiger partial charge >= 0.3 is 0 Å². The second-order valence-corrected chi connectivity index (χ2v) is 3.60. The van der Waals surface area contributed by atoms with Crippen LogP contribution in [-0.4, -0.2) is 13.2 Å². The maximum atomic E-state index is 5.40. The van der Waals surface area contributed by atoms with Gasteiger partial charge in [-0.3, -0.25) is 0 Å². The molecule has 0 bridgehead atoms. The summed E-state index contributed by atoms with van der Waals surface area (Å²) in [5.41, 5.74) is 1.16. The Morgan fingerprint density at radius 2 is 1.75 bits per heavy atom. The maximum Gasteiger partial charge on any atom is 0.0913 e. The van der Waals surface area contributed by atoms with Gasteiger partial charge in [0.15, 0.2) is 0 Å². The van der Waals surface area contributed by atoms with Crippen LogP contribution in [0, 0.1) is 0 Å². The van der Waals surface area contributed by atoms with E-state index in [-0.39, 0.29) is 0 Å². The number of rotatable bonds is 5. The molecule has 0 atom stereocenters. The fraction of sp³-hybridized carbons (Fsp3) is 0.231. The molecule has 0 radical (unpaired) electrons. The Balaban J connectivity index is 2.02. The molecule has 0 saturated carbocycles. The first kappa shape index (κ1) is 11.1. The monoisotopic (exact) mass is 217 g/mol. The number of fused-ring (bicyclic) bond motifs is 1. The van der Waals surface area contributed by atoms with Crippen LogP contribution in [0.5, 0.6) is 0 Å². The highest BCUT2D eigenvalue weighted by Gasteiger charge is 1.96. The minimum atomic E-state index is 0.424. The van der Waals surface area contributed by atoms with Crippen molar-refractivity contribution in [1.29, 1.82) is 0 Å². The molecule has 0 aliphatic rings. The van der Waals surface area contributed by atoms with Gasteiger partial charge in [-0.25, -0.2) is 5.90 Å². The van der Waals surface area contributed by atoms with Crippen molar-refractivity contribution in [2.45, 2.75) is 6.61 Å². The summed E-state index contributed by atoms with van der Waals surface area (Å²) >= 11 is 0. The van der Waals surface area contributed by atoms with E-state index in [2.05, 4.69) is 35.2 Å². The normalized spacial score (nSPS) is 10.8. The van der Waals surface area contributed by atoms with Crippen LogP contribution in [0.15, 0.2) is 42.5 Å². The third-order valence-electron chi connectivity index (χ3n) is 2.43. The van der Waals surface area contributed by atoms with Crippen molar-refractivity contribution in [2.75, 3.05) is 13.2 Å². The summed E-state index contributed by atoms with van der Waals surface area (Å²) in [5, 5.41) is 2.48. The summed E-state index contributed by atoms with van der Waals surface area (Å²) in [5.74, 6) is 4.90. The molecule has 0 saturated heterocycles. The molecule has 0 aliphatic heterocycles. The van der Waals surface area contributed by atoms with Crippen molar-refractivity contribution >= 4 is 10.8 Å². The van der Waals surface area contributed by atoms with Gasteiger partial charge < -0.3 is 9.57 Å². The van der Waals surface area contributed by atoms with Crippen LogP contribution in [-0.2, 0) is 16.2 Å². The number of benzene rings is 2. The van der Waals surface area contributed by atoms with Crippen molar-refractivity contribution in [2.24, 2.45) is 5.90 Å². The molecule has 2 aromatic rings. The maximum absolute atomic E-state index is 5.40. The van der Waals surface area contributed by atoms with Crippen molar-refractivity contribution < 1.29 is 9.57 Å². The standard InChI is InChI=1S/C13H15NO2/c14-16-8-7-15-10-11-5-6-12-3-1-2-4-13(12)9-11/h1-6,9H,7-8,10,14H2. The van der Waals surface area contributed by atoms with Crippen molar-refractivity contribution in [3.63, 3.8) is 0 Å². The summed E-state index contributed by atoms with van der Waals surface area (Å²) in [6.07, 6.45) is 0. The predicted molar refractivity (Wildman–Crippen MR) is 63.7 cm³/mol. The predicted octanol–water partition coefficient (Wildman–Crippen LogP) is 2.25. The van der Waals surface area contributed by atoms with E-state index in [4.69, 9.17) is 10.6 Å². The Hall–Kier alpha value is -1.42. The minimum absolute atomic E-state index is 0.424. The molecule has 2 aromatic carbocycles. The lowest BCUT2D eigenvalue weighted by Crippen LogP contribution is -2.07. The van der Waals surface area contributed by atoms with E-state index in [1.54, 1.807) is 0 Å². The summed E-state index contributed by atoms with van der Waals surface area (Å²) in [7, 11) is 0. The molecule has 16 heavy (non-hydrogen) atoms. The molecule has 3 nitrogen and oxygen atoms in total. The van der Waals surface area contributed by atoms with Gasteiger partial charge in [0, 0.05) is 0 Å². The number of ether oxygens (including phenoxy) is 1. The molecule has 0 spiro atoms. The van der Waals surface area contributed by atoms with Gasteiger partial charge in [0.05, 0.1) is 19.8 Å². The highest BCUT2D eigenvalue weighted by molar-refractivity contribution is 5.82. The number of nitrogens with two attached hydrogens (primary N) is 1. The van der Waals surface area contributed by atoms with E-state index in [1.807, 2.05) is 12.1 Å². The minimum Gasteiger partial charge on any atom is -0.374 e. The third-order valence-corrected chi connectivity index (χ3v) is 2.43. The van der Waals surface area contributed by atoms with E-state index in [9.17, 15) is 0 Å². The molecular formula is C13H15NO2. The molecule has 0 aromatic heterocycles. The molecule has 2 N–H and O–H groups in total. The summed E-state index contributed by atoms with van der Waals surface area (Å²) < 4.78 is 5.40. The summed E-state index contributed by atoms with van der Waals surface area (Å²) in [6, 6.07) is 14.6. The lowest BCUT2D eigenvalue weighted by atomic mass is 10.1. The molecule has 2 rings (SSSR count). The van der Waals surface area contributed by atoms with Crippen LogP contribution < -0.4 is 5.90 Å². The Kier molecular flexibility index (Phi) is 3.88. The first-order valence-electron chi connectivity index (χ1n) is 5.27. The molecular weight excluding hydrogens is 202 g/mol. The van der Waals surface area contributed by atoms with Crippen LogP contribution in [0.25, 0.3) is 10.8 Å². The fourth-order valence-corrected chi connectivity index (χ4v) is 1.63. The SMILES string of the molecule is NOCCOCc1ccc2ccccc2c1. The van der Waals surface area contributed by atoms with Gasteiger partial charge in [0.1, 0.15) is 0 Å². The molecule has 3 heteroatoms.